The van der Waals surface area contributed by atoms with E-state index in [9.17, 15) is 33.7 Å². The molecule has 4 unspecified atom stereocenters. The first-order valence-electron chi connectivity index (χ1n) is 7.96. The van der Waals surface area contributed by atoms with Gasteiger partial charge in [-0.2, -0.15) is 4.31 Å². The molecule has 2 rings (SSSR count). The molecule has 0 aromatic carbocycles. The molecule has 1 aromatic rings. The van der Waals surface area contributed by atoms with Crippen LogP contribution >= 0.6 is 23.2 Å². The van der Waals surface area contributed by atoms with E-state index >= 15 is 0 Å². The summed E-state index contributed by atoms with van der Waals surface area (Å²) in [5.74, 6) is 0. The van der Waals surface area contributed by atoms with Crippen molar-refractivity contribution in [3.63, 3.8) is 0 Å². The summed E-state index contributed by atoms with van der Waals surface area (Å²) in [6, 6.07) is 3.39. The Labute approximate surface area is 165 Å². The van der Waals surface area contributed by atoms with Gasteiger partial charge < -0.3 is 34.9 Å². The summed E-state index contributed by atoms with van der Waals surface area (Å²) in [5, 5.41) is 23.0. The molecule has 1 fully saturated rings. The number of anilines is 1. The van der Waals surface area contributed by atoms with E-state index in [0.29, 0.717) is 12.4 Å². The summed E-state index contributed by atoms with van der Waals surface area (Å²) >= 11 is 0. The maximum absolute atomic E-state index is 11.8. The van der Waals surface area contributed by atoms with Gasteiger partial charge in [0.15, 0.2) is 0 Å². The van der Waals surface area contributed by atoms with Crippen molar-refractivity contribution >= 4 is 28.9 Å². The Bertz CT molecular complexity index is 820. The Kier molecular flexibility index (Phi) is 8.13. The summed E-state index contributed by atoms with van der Waals surface area (Å²) in [5.41, 5.74) is 0.626. The van der Waals surface area contributed by atoms with E-state index in [1.165, 1.54) is 6.20 Å². The lowest BCUT2D eigenvalue weighted by Gasteiger charge is -2.19. The largest absolute Gasteiger partial charge is 0.488 e. The Balaban J connectivity index is 1.88. The number of hydrogen-bond donors (Lipinski definition) is 6. The number of phosphoric acid groups is 2. The molecule has 1 aliphatic rings. The van der Waals surface area contributed by atoms with Gasteiger partial charge in [-0.1, -0.05) is 0 Å². The summed E-state index contributed by atoms with van der Waals surface area (Å²) in [7, 11) is -15.2. The Morgan fingerprint density at radius 2 is 1.76 bits per heavy atom. The van der Waals surface area contributed by atoms with Gasteiger partial charge in [0, 0.05) is 25.6 Å². The molecule has 0 radical (unpaired) electrons. The van der Waals surface area contributed by atoms with Crippen LogP contribution in [0.5, 0.6) is 0 Å². The van der Waals surface area contributed by atoms with Crippen LogP contribution in [0.2, 0.25) is 0 Å². The minimum atomic E-state index is -5.40. The van der Waals surface area contributed by atoms with Crippen LogP contribution in [0.15, 0.2) is 24.5 Å². The lowest BCUT2D eigenvalue weighted by molar-refractivity contribution is -0.0180. The van der Waals surface area contributed by atoms with Crippen molar-refractivity contribution in [3.05, 3.63) is 24.5 Å². The predicted octanol–water partition coefficient (Wildman–Crippen LogP) is 0.0485. The zero-order valence-electron chi connectivity index (χ0n) is 14.9. The number of ether oxygens (including phenoxy) is 1. The average Bonchev–Trinajstić information content (AvgIpc) is 2.84. The maximum atomic E-state index is 11.8. The Morgan fingerprint density at radius 3 is 2.34 bits per heavy atom. The van der Waals surface area contributed by atoms with Crippen molar-refractivity contribution < 1.29 is 56.5 Å². The van der Waals surface area contributed by atoms with Crippen LogP contribution in [0.25, 0.3) is 0 Å². The lowest BCUT2D eigenvalue weighted by Crippen LogP contribution is -2.36. The summed E-state index contributed by atoms with van der Waals surface area (Å²) < 4.78 is 51.7. The van der Waals surface area contributed by atoms with E-state index < -0.39 is 54.3 Å². The van der Waals surface area contributed by atoms with E-state index in [2.05, 4.69) is 23.4 Å². The van der Waals surface area contributed by atoms with Crippen LogP contribution in [0.3, 0.4) is 0 Å². The fourth-order valence-corrected chi connectivity index (χ4v) is 5.83. The van der Waals surface area contributed by atoms with Crippen LogP contribution in [0.4, 0.5) is 5.69 Å². The molecule has 0 saturated carbocycles. The van der Waals surface area contributed by atoms with Crippen LogP contribution in [-0.2, 0) is 31.6 Å². The molecular weight excluding hydrogens is 457 g/mol. The molecule has 0 amide bonds. The predicted molar refractivity (Wildman–Crippen MR) is 96.9 cm³/mol. The first kappa shape index (κ1) is 24.5. The fourth-order valence-electron chi connectivity index (χ4n) is 2.35. The van der Waals surface area contributed by atoms with E-state index in [-0.39, 0.29) is 6.54 Å². The first-order chi connectivity index (χ1) is 13.3. The monoisotopic (exact) mass is 478 g/mol. The first-order valence-corrected chi connectivity index (χ1v) is 13.0. The van der Waals surface area contributed by atoms with Gasteiger partial charge in [-0.3, -0.25) is 14.1 Å². The van der Waals surface area contributed by atoms with Gasteiger partial charge in [0.2, 0.25) is 0 Å². The molecule has 0 aliphatic carbocycles. The number of aliphatic hydroxyl groups excluding tert-OH is 2. The van der Waals surface area contributed by atoms with Crippen LogP contribution < -0.4 is 5.32 Å². The zero-order valence-corrected chi connectivity index (χ0v) is 17.6. The van der Waals surface area contributed by atoms with Gasteiger partial charge in [0.05, 0.1) is 12.3 Å². The molecule has 1 aliphatic heterocycles. The molecule has 1 aromatic heterocycles. The zero-order chi connectivity index (χ0) is 21.9. The van der Waals surface area contributed by atoms with E-state index in [1.807, 2.05) is 0 Å². The van der Waals surface area contributed by atoms with Crippen molar-refractivity contribution in [2.75, 3.05) is 25.1 Å². The van der Waals surface area contributed by atoms with Crippen LogP contribution in [0.1, 0.15) is 0 Å². The van der Waals surface area contributed by atoms with Gasteiger partial charge in [0.25, 0.3) is 0 Å². The van der Waals surface area contributed by atoms with E-state index in [4.69, 9.17) is 9.63 Å². The molecule has 0 spiro atoms. The molecule has 6 N–H and O–H groups in total. The van der Waals surface area contributed by atoms with Gasteiger partial charge in [-0.15, -0.1) is 0 Å². The van der Waals surface area contributed by atoms with Gasteiger partial charge in [-0.25, -0.2) is 13.4 Å². The van der Waals surface area contributed by atoms with Gasteiger partial charge in [-0.05, 0) is 12.1 Å². The Morgan fingerprint density at radius 1 is 1.10 bits per heavy atom. The molecule has 7 atom stereocenters. The number of phosphoric ester groups is 1. The minimum absolute atomic E-state index is 0.0652. The van der Waals surface area contributed by atoms with E-state index in [1.54, 1.807) is 18.3 Å². The van der Waals surface area contributed by atoms with Gasteiger partial charge in [0.1, 0.15) is 24.4 Å². The lowest BCUT2D eigenvalue weighted by atomic mass is 10.1. The number of pyridine rings is 1. The molecule has 29 heavy (non-hydrogen) atoms. The van der Waals surface area contributed by atoms with Crippen molar-refractivity contribution in [1.29, 1.82) is 0 Å². The highest BCUT2D eigenvalue weighted by Gasteiger charge is 2.45. The molecule has 0 bridgehead atoms. The fraction of sp³-hybridized carbons (Fsp3) is 0.583. The highest BCUT2D eigenvalue weighted by molar-refractivity contribution is 7.68. The summed E-state index contributed by atoms with van der Waals surface area (Å²) in [6.07, 6.45) is -1.96. The molecular formula is C12H21N2O12P3. The van der Waals surface area contributed by atoms with Crippen molar-refractivity contribution in [3.8, 4) is 0 Å². The SMILES string of the molecule is CP(=O)(O)OP(=O)(O)OP(=O)(O)OC[C@H]1OC(CNc2cccnc2)[C@H](O)[C@@H]1O. The molecule has 14 nitrogen and oxygen atoms in total. The highest BCUT2D eigenvalue weighted by atomic mass is 31.3. The molecule has 17 heteroatoms. The number of nitrogens with zero attached hydrogens (tertiary/aromatic N) is 1. The highest BCUT2D eigenvalue weighted by Crippen LogP contribution is 2.66. The third kappa shape index (κ3) is 8.14. The topological polar surface area (TPSA) is 214 Å². The molecule has 1 saturated heterocycles. The second-order valence-corrected chi connectivity index (χ2v) is 11.1. The minimum Gasteiger partial charge on any atom is -0.388 e. The molecule has 2 heterocycles. The standard InChI is InChI=1S/C12H21N2O12P3/c1-27(17,18)25-29(21,22)26-28(19,20)23-7-10-12(16)11(15)9(24-10)6-14-8-3-2-4-13-5-8/h2-5,9-12,14-16H,6-7H2,1H3,(H,17,18)(H,19,20)(H,21,22)/t9?,10-,11+,12-/m1/s1. The second-order valence-electron chi connectivity index (χ2n) is 6.02. The van der Waals surface area contributed by atoms with Crippen LogP contribution in [-0.4, -0.2) is 74.1 Å². The number of nitrogens with one attached hydrogen (secondary N) is 1. The normalized spacial score (nSPS) is 30.8. The quantitative estimate of drug-likeness (QED) is 0.245. The van der Waals surface area contributed by atoms with Crippen molar-refractivity contribution in [2.45, 2.75) is 24.4 Å². The number of rotatable bonds is 10. The van der Waals surface area contributed by atoms with Crippen molar-refractivity contribution in [1.82, 2.24) is 4.98 Å². The third-order valence-electron chi connectivity index (χ3n) is 3.49. The van der Waals surface area contributed by atoms with Gasteiger partial charge >= 0.3 is 23.2 Å². The number of hydrogen-bond acceptors (Lipinski definition) is 11. The summed E-state index contributed by atoms with van der Waals surface area (Å²) in [4.78, 5) is 31.5. The third-order valence-corrected chi connectivity index (χ3v) is 7.66. The maximum Gasteiger partial charge on any atom is 0.488 e. The van der Waals surface area contributed by atoms with E-state index in [0.717, 1.165) is 0 Å². The number of aliphatic hydroxyl groups is 2. The Hall–Kier alpha value is -0.720. The van der Waals surface area contributed by atoms with Crippen molar-refractivity contribution in [2.24, 2.45) is 0 Å². The number of aromatic nitrogens is 1. The average molecular weight is 478 g/mol. The van der Waals surface area contributed by atoms with Crippen LogP contribution in [0, 0.1) is 0 Å². The second kappa shape index (κ2) is 9.61. The smallest absolute Gasteiger partial charge is 0.388 e. The summed E-state index contributed by atoms with van der Waals surface area (Å²) in [6.45, 7) is -0.180. The molecule has 166 valence electrons.